The van der Waals surface area contributed by atoms with E-state index in [0.29, 0.717) is 37.4 Å². The van der Waals surface area contributed by atoms with Crippen molar-refractivity contribution < 1.29 is 13.9 Å². The molecule has 1 aromatic heterocycles. The Hall–Kier alpha value is -1.47. The van der Waals surface area contributed by atoms with E-state index in [0.717, 1.165) is 26.1 Å². The SMILES string of the molecule is CC(C)CN1CC[C@@H](C(=O)N2CCO[C@@H](c3nnc(C(C)C)o3)C2)C1. The molecule has 0 saturated carbocycles. The lowest BCUT2D eigenvalue weighted by Crippen LogP contribution is -2.45. The van der Waals surface area contributed by atoms with Crippen molar-refractivity contribution in [1.29, 1.82) is 0 Å². The normalized spacial score (nSPS) is 25.3. The summed E-state index contributed by atoms with van der Waals surface area (Å²) in [6.45, 7) is 13.1. The lowest BCUT2D eigenvalue weighted by atomic mass is 10.1. The second-order valence-electron chi connectivity index (χ2n) is 7.92. The van der Waals surface area contributed by atoms with Crippen LogP contribution in [-0.4, -0.2) is 65.2 Å². The van der Waals surface area contributed by atoms with E-state index >= 15 is 0 Å². The van der Waals surface area contributed by atoms with Crippen LogP contribution in [0.25, 0.3) is 0 Å². The molecular formula is C18H30N4O3. The largest absolute Gasteiger partial charge is 0.422 e. The van der Waals surface area contributed by atoms with Crippen molar-refractivity contribution >= 4 is 5.91 Å². The van der Waals surface area contributed by atoms with Crippen LogP contribution in [0.3, 0.4) is 0 Å². The smallest absolute Gasteiger partial charge is 0.247 e. The van der Waals surface area contributed by atoms with Crippen molar-refractivity contribution in [1.82, 2.24) is 20.0 Å². The van der Waals surface area contributed by atoms with Gasteiger partial charge in [0.1, 0.15) is 0 Å². The van der Waals surface area contributed by atoms with Gasteiger partial charge in [0.05, 0.1) is 19.1 Å². The van der Waals surface area contributed by atoms with Crippen molar-refractivity contribution in [3.63, 3.8) is 0 Å². The summed E-state index contributed by atoms with van der Waals surface area (Å²) in [6.07, 6.45) is 0.636. The van der Waals surface area contributed by atoms with Gasteiger partial charge in [0, 0.05) is 25.6 Å². The molecule has 7 heteroatoms. The van der Waals surface area contributed by atoms with E-state index in [4.69, 9.17) is 9.15 Å². The number of hydrogen-bond donors (Lipinski definition) is 0. The summed E-state index contributed by atoms with van der Waals surface area (Å²) in [7, 11) is 0. The summed E-state index contributed by atoms with van der Waals surface area (Å²) >= 11 is 0. The van der Waals surface area contributed by atoms with E-state index in [1.807, 2.05) is 18.7 Å². The van der Waals surface area contributed by atoms with Gasteiger partial charge < -0.3 is 19.0 Å². The molecule has 140 valence electrons. The molecule has 2 aliphatic rings. The first-order chi connectivity index (χ1) is 11.9. The standard InChI is InChI=1S/C18H30N4O3/c1-12(2)9-21-6-5-14(10-21)18(23)22-7-8-24-15(11-22)17-20-19-16(25-17)13(3)4/h12-15H,5-11H2,1-4H3/t14-,15-/m1/s1. The summed E-state index contributed by atoms with van der Waals surface area (Å²) in [4.78, 5) is 17.2. The number of hydrogen-bond acceptors (Lipinski definition) is 6. The molecule has 0 unspecified atom stereocenters. The molecule has 0 bridgehead atoms. The Morgan fingerprint density at radius 3 is 2.68 bits per heavy atom. The summed E-state index contributed by atoms with van der Waals surface area (Å²) in [5.41, 5.74) is 0. The lowest BCUT2D eigenvalue weighted by Gasteiger charge is -2.33. The molecule has 2 atom stereocenters. The predicted octanol–water partition coefficient (Wildman–Crippen LogP) is 2.07. The molecule has 0 N–H and O–H groups in total. The molecule has 0 aliphatic carbocycles. The zero-order valence-electron chi connectivity index (χ0n) is 15.8. The number of carbonyl (C=O) groups excluding carboxylic acids is 1. The van der Waals surface area contributed by atoms with Crippen molar-refractivity contribution in [3.8, 4) is 0 Å². The summed E-state index contributed by atoms with van der Waals surface area (Å²) in [5, 5.41) is 8.18. The highest BCUT2D eigenvalue weighted by molar-refractivity contribution is 5.79. The molecule has 1 aromatic rings. The van der Waals surface area contributed by atoms with Gasteiger partial charge in [0.15, 0.2) is 6.10 Å². The molecule has 25 heavy (non-hydrogen) atoms. The van der Waals surface area contributed by atoms with Crippen LogP contribution in [0.15, 0.2) is 4.42 Å². The summed E-state index contributed by atoms with van der Waals surface area (Å²) < 4.78 is 11.5. The Labute approximate surface area is 149 Å². The number of rotatable bonds is 5. The van der Waals surface area contributed by atoms with Gasteiger partial charge in [0.25, 0.3) is 0 Å². The Kier molecular flexibility index (Phi) is 5.74. The van der Waals surface area contributed by atoms with E-state index in [1.54, 1.807) is 0 Å². The topological polar surface area (TPSA) is 71.7 Å². The Bertz CT molecular complexity index is 587. The first kappa shape index (κ1) is 18.3. The monoisotopic (exact) mass is 350 g/mol. The number of morpholine rings is 1. The van der Waals surface area contributed by atoms with Crippen LogP contribution in [0, 0.1) is 11.8 Å². The number of nitrogens with zero attached hydrogens (tertiary/aromatic N) is 4. The third kappa shape index (κ3) is 4.39. The number of amides is 1. The van der Waals surface area contributed by atoms with Crippen LogP contribution < -0.4 is 0 Å². The number of aromatic nitrogens is 2. The highest BCUT2D eigenvalue weighted by atomic mass is 16.5. The minimum atomic E-state index is -0.314. The Morgan fingerprint density at radius 2 is 2.00 bits per heavy atom. The van der Waals surface area contributed by atoms with Gasteiger partial charge in [-0.3, -0.25) is 4.79 Å². The third-order valence-electron chi connectivity index (χ3n) is 4.85. The molecule has 0 aromatic carbocycles. The summed E-state index contributed by atoms with van der Waals surface area (Å²) in [5.74, 6) is 2.26. The zero-order chi connectivity index (χ0) is 18.0. The highest BCUT2D eigenvalue weighted by Crippen LogP contribution is 2.26. The van der Waals surface area contributed by atoms with E-state index in [9.17, 15) is 4.79 Å². The van der Waals surface area contributed by atoms with Crippen molar-refractivity contribution in [2.75, 3.05) is 39.3 Å². The summed E-state index contributed by atoms with van der Waals surface area (Å²) in [6, 6.07) is 0. The maximum atomic E-state index is 12.9. The van der Waals surface area contributed by atoms with Gasteiger partial charge in [-0.1, -0.05) is 27.7 Å². The zero-order valence-corrected chi connectivity index (χ0v) is 15.8. The second-order valence-corrected chi connectivity index (χ2v) is 7.92. The minimum Gasteiger partial charge on any atom is -0.422 e. The first-order valence-corrected chi connectivity index (χ1v) is 9.40. The third-order valence-corrected chi connectivity index (χ3v) is 4.85. The van der Waals surface area contributed by atoms with Gasteiger partial charge in [-0.15, -0.1) is 10.2 Å². The Balaban J connectivity index is 1.58. The predicted molar refractivity (Wildman–Crippen MR) is 93.0 cm³/mol. The van der Waals surface area contributed by atoms with Crippen molar-refractivity contribution in [2.45, 2.75) is 46.1 Å². The van der Waals surface area contributed by atoms with Gasteiger partial charge in [-0.05, 0) is 18.9 Å². The average molecular weight is 350 g/mol. The fraction of sp³-hybridized carbons (Fsp3) is 0.833. The molecule has 2 saturated heterocycles. The quantitative estimate of drug-likeness (QED) is 0.809. The molecule has 3 rings (SSSR count). The molecule has 2 fully saturated rings. The van der Waals surface area contributed by atoms with Crippen LogP contribution in [0.2, 0.25) is 0 Å². The van der Waals surface area contributed by atoms with Crippen molar-refractivity contribution in [3.05, 3.63) is 11.8 Å². The molecule has 3 heterocycles. The Morgan fingerprint density at radius 1 is 1.20 bits per heavy atom. The number of carbonyl (C=O) groups is 1. The van der Waals surface area contributed by atoms with Crippen LogP contribution in [0.4, 0.5) is 0 Å². The van der Waals surface area contributed by atoms with Gasteiger partial charge in [-0.25, -0.2) is 0 Å². The average Bonchev–Trinajstić information content (AvgIpc) is 3.23. The maximum Gasteiger partial charge on any atom is 0.247 e. The first-order valence-electron chi connectivity index (χ1n) is 9.40. The van der Waals surface area contributed by atoms with Crippen LogP contribution in [0.1, 0.15) is 57.9 Å². The number of likely N-dealkylation sites (tertiary alicyclic amines) is 1. The van der Waals surface area contributed by atoms with E-state index < -0.39 is 0 Å². The van der Waals surface area contributed by atoms with E-state index in [-0.39, 0.29) is 23.8 Å². The molecule has 2 aliphatic heterocycles. The van der Waals surface area contributed by atoms with Gasteiger partial charge >= 0.3 is 0 Å². The lowest BCUT2D eigenvalue weighted by molar-refractivity contribution is -0.143. The molecule has 1 amide bonds. The van der Waals surface area contributed by atoms with Gasteiger partial charge in [-0.2, -0.15) is 0 Å². The molecule has 0 spiro atoms. The fourth-order valence-electron chi connectivity index (χ4n) is 3.58. The molecule has 7 nitrogen and oxygen atoms in total. The second kappa shape index (κ2) is 7.83. The number of ether oxygens (including phenoxy) is 1. The van der Waals surface area contributed by atoms with Crippen LogP contribution >= 0.6 is 0 Å². The van der Waals surface area contributed by atoms with Crippen LogP contribution in [0.5, 0.6) is 0 Å². The minimum absolute atomic E-state index is 0.103. The van der Waals surface area contributed by atoms with Gasteiger partial charge in [0.2, 0.25) is 17.7 Å². The fourth-order valence-corrected chi connectivity index (χ4v) is 3.58. The van der Waals surface area contributed by atoms with E-state index in [1.165, 1.54) is 0 Å². The maximum absolute atomic E-state index is 12.9. The van der Waals surface area contributed by atoms with Crippen LogP contribution in [-0.2, 0) is 9.53 Å². The molecular weight excluding hydrogens is 320 g/mol. The molecule has 0 radical (unpaired) electrons. The van der Waals surface area contributed by atoms with Crippen molar-refractivity contribution in [2.24, 2.45) is 11.8 Å². The van der Waals surface area contributed by atoms with E-state index in [2.05, 4.69) is 28.9 Å². The highest BCUT2D eigenvalue weighted by Gasteiger charge is 2.35.